The van der Waals surface area contributed by atoms with E-state index in [-0.39, 0.29) is 0 Å². The van der Waals surface area contributed by atoms with Crippen LogP contribution in [0.25, 0.3) is 0 Å². The van der Waals surface area contributed by atoms with Crippen LogP contribution in [0, 0.1) is 6.92 Å². The lowest BCUT2D eigenvalue weighted by Crippen LogP contribution is -2.27. The van der Waals surface area contributed by atoms with E-state index < -0.39 is 0 Å². The van der Waals surface area contributed by atoms with Crippen LogP contribution in [0.1, 0.15) is 11.1 Å². The van der Waals surface area contributed by atoms with E-state index in [1.165, 1.54) is 0 Å². The Balaban J connectivity index is 1.88. The lowest BCUT2D eigenvalue weighted by Gasteiger charge is -2.14. The quantitative estimate of drug-likeness (QED) is 0.820. The van der Waals surface area contributed by atoms with Gasteiger partial charge in [-0.1, -0.05) is 23.7 Å². The molecule has 0 aliphatic rings. The molecule has 3 nitrogen and oxygen atoms in total. The largest absolute Gasteiger partial charge is 0.378 e. The van der Waals surface area contributed by atoms with E-state index in [0.29, 0.717) is 11.7 Å². The summed E-state index contributed by atoms with van der Waals surface area (Å²) in [6, 6.07) is 14.1. The van der Waals surface area contributed by atoms with Gasteiger partial charge in [0.05, 0.1) is 0 Å². The second-order valence-electron chi connectivity index (χ2n) is 5.33. The van der Waals surface area contributed by atoms with Gasteiger partial charge in [0, 0.05) is 37.0 Å². The molecule has 2 rings (SSSR count). The average Bonchev–Trinajstić information content (AvgIpc) is 2.49. The molecule has 0 saturated carbocycles. The second kappa shape index (κ2) is 7.47. The van der Waals surface area contributed by atoms with Crippen molar-refractivity contribution in [2.24, 2.45) is 0 Å². The molecule has 22 heavy (non-hydrogen) atoms. The molecule has 0 bridgehead atoms. The van der Waals surface area contributed by atoms with Crippen molar-refractivity contribution in [3.05, 3.63) is 58.6 Å². The van der Waals surface area contributed by atoms with Crippen LogP contribution in [0.3, 0.4) is 0 Å². The van der Waals surface area contributed by atoms with Gasteiger partial charge in [0.2, 0.25) is 0 Å². The number of benzene rings is 2. The highest BCUT2D eigenvalue weighted by Gasteiger charge is 2.01. The monoisotopic (exact) mass is 333 g/mol. The zero-order valence-corrected chi connectivity index (χ0v) is 14.6. The Kier molecular flexibility index (Phi) is 5.63. The van der Waals surface area contributed by atoms with Crippen LogP contribution in [0.5, 0.6) is 0 Å². The number of hydrogen-bond acceptors (Lipinski definition) is 2. The minimum Gasteiger partial charge on any atom is -0.378 e. The Morgan fingerprint density at radius 2 is 1.82 bits per heavy atom. The average molecular weight is 334 g/mol. The van der Waals surface area contributed by atoms with Gasteiger partial charge in [0.15, 0.2) is 5.11 Å². The molecular formula is C17H20ClN3S. The Labute approximate surface area is 142 Å². The highest BCUT2D eigenvalue weighted by molar-refractivity contribution is 7.80. The first kappa shape index (κ1) is 16.6. The zero-order valence-electron chi connectivity index (χ0n) is 13.0. The summed E-state index contributed by atoms with van der Waals surface area (Å²) in [6.45, 7) is 2.63. The molecule has 0 fully saturated rings. The van der Waals surface area contributed by atoms with Gasteiger partial charge < -0.3 is 15.5 Å². The second-order valence-corrected chi connectivity index (χ2v) is 6.15. The minimum absolute atomic E-state index is 0.592. The fourth-order valence-corrected chi connectivity index (χ4v) is 2.34. The van der Waals surface area contributed by atoms with E-state index in [1.54, 1.807) is 0 Å². The standard InChI is InChI=1S/C17H20ClN3S/c1-12-4-5-13(10-16(12)18)11-19-17(22)20-14-6-8-15(9-7-14)21(2)3/h4-10H,11H2,1-3H3,(H2,19,20,22). The molecule has 0 aliphatic carbocycles. The van der Waals surface area contributed by atoms with Crippen LogP contribution in [0.2, 0.25) is 5.02 Å². The van der Waals surface area contributed by atoms with Gasteiger partial charge in [-0.25, -0.2) is 0 Å². The maximum Gasteiger partial charge on any atom is 0.171 e. The zero-order chi connectivity index (χ0) is 16.1. The summed E-state index contributed by atoms with van der Waals surface area (Å²) in [6.07, 6.45) is 0. The first-order chi connectivity index (χ1) is 10.5. The molecule has 0 heterocycles. The molecule has 2 N–H and O–H groups in total. The molecule has 5 heteroatoms. The van der Waals surface area contributed by atoms with E-state index in [1.807, 2.05) is 63.5 Å². The molecule has 0 saturated heterocycles. The van der Waals surface area contributed by atoms with Crippen molar-refractivity contribution in [2.75, 3.05) is 24.3 Å². The lowest BCUT2D eigenvalue weighted by atomic mass is 10.1. The van der Waals surface area contributed by atoms with Crippen molar-refractivity contribution in [2.45, 2.75) is 13.5 Å². The van der Waals surface area contributed by atoms with Crippen LogP contribution >= 0.6 is 23.8 Å². The lowest BCUT2D eigenvalue weighted by molar-refractivity contribution is 0.925. The predicted molar refractivity (Wildman–Crippen MR) is 100 cm³/mol. The molecule has 0 aromatic heterocycles. The molecule has 2 aromatic rings. The summed E-state index contributed by atoms with van der Waals surface area (Å²) in [5.74, 6) is 0. The summed E-state index contributed by atoms with van der Waals surface area (Å²) in [7, 11) is 4.03. The van der Waals surface area contributed by atoms with Gasteiger partial charge in [-0.05, 0) is 60.6 Å². The number of nitrogens with zero attached hydrogens (tertiary/aromatic N) is 1. The van der Waals surface area contributed by atoms with Gasteiger partial charge in [-0.15, -0.1) is 0 Å². The summed E-state index contributed by atoms with van der Waals surface area (Å²) in [4.78, 5) is 2.06. The molecule has 116 valence electrons. The summed E-state index contributed by atoms with van der Waals surface area (Å²) >= 11 is 11.4. The molecule has 0 aliphatic heterocycles. The SMILES string of the molecule is Cc1ccc(CNC(=S)Nc2ccc(N(C)C)cc2)cc1Cl. The molecule has 0 unspecified atom stereocenters. The maximum absolute atomic E-state index is 6.12. The van der Waals surface area contributed by atoms with E-state index in [4.69, 9.17) is 23.8 Å². The third kappa shape index (κ3) is 4.61. The Bertz CT molecular complexity index is 653. The number of rotatable bonds is 4. The van der Waals surface area contributed by atoms with Crippen LogP contribution in [-0.2, 0) is 6.54 Å². The molecule has 0 radical (unpaired) electrons. The van der Waals surface area contributed by atoms with E-state index in [9.17, 15) is 0 Å². The topological polar surface area (TPSA) is 27.3 Å². The number of anilines is 2. The number of halogens is 1. The third-order valence-electron chi connectivity index (χ3n) is 3.33. The molecular weight excluding hydrogens is 314 g/mol. The summed E-state index contributed by atoms with van der Waals surface area (Å²) in [5, 5.41) is 7.72. The van der Waals surface area contributed by atoms with E-state index in [2.05, 4.69) is 15.5 Å². The molecule has 0 atom stereocenters. The highest BCUT2D eigenvalue weighted by atomic mass is 35.5. The fourth-order valence-electron chi connectivity index (χ4n) is 1.95. The van der Waals surface area contributed by atoms with Crippen molar-refractivity contribution in [3.8, 4) is 0 Å². The summed E-state index contributed by atoms with van der Waals surface area (Å²) in [5.41, 5.74) is 4.29. The molecule has 0 amide bonds. The number of thiocarbonyl (C=S) groups is 1. The number of hydrogen-bond donors (Lipinski definition) is 2. The Hall–Kier alpha value is -1.78. The first-order valence-corrected chi connectivity index (χ1v) is 7.81. The van der Waals surface area contributed by atoms with Crippen LogP contribution < -0.4 is 15.5 Å². The Morgan fingerprint density at radius 3 is 2.41 bits per heavy atom. The van der Waals surface area contributed by atoms with E-state index >= 15 is 0 Å². The fraction of sp³-hybridized carbons (Fsp3) is 0.235. The maximum atomic E-state index is 6.12. The van der Waals surface area contributed by atoms with Gasteiger partial charge in [0.1, 0.15) is 0 Å². The van der Waals surface area contributed by atoms with Crippen LogP contribution in [0.15, 0.2) is 42.5 Å². The first-order valence-electron chi connectivity index (χ1n) is 7.03. The van der Waals surface area contributed by atoms with E-state index in [0.717, 1.165) is 27.5 Å². The molecule has 2 aromatic carbocycles. The van der Waals surface area contributed by atoms with Crippen molar-refractivity contribution < 1.29 is 0 Å². The van der Waals surface area contributed by atoms with Crippen molar-refractivity contribution in [1.29, 1.82) is 0 Å². The van der Waals surface area contributed by atoms with Crippen molar-refractivity contribution >= 4 is 40.3 Å². The third-order valence-corrected chi connectivity index (χ3v) is 3.98. The number of aryl methyl sites for hydroxylation is 1. The smallest absolute Gasteiger partial charge is 0.171 e. The van der Waals surface area contributed by atoms with Crippen molar-refractivity contribution in [1.82, 2.24) is 5.32 Å². The van der Waals surface area contributed by atoms with Gasteiger partial charge in [0.25, 0.3) is 0 Å². The van der Waals surface area contributed by atoms with Gasteiger partial charge in [-0.3, -0.25) is 0 Å². The minimum atomic E-state index is 0.592. The predicted octanol–water partition coefficient (Wildman–Crippen LogP) is 4.20. The van der Waals surface area contributed by atoms with Crippen LogP contribution in [-0.4, -0.2) is 19.2 Å². The summed E-state index contributed by atoms with van der Waals surface area (Å²) < 4.78 is 0. The highest BCUT2D eigenvalue weighted by Crippen LogP contribution is 2.17. The van der Waals surface area contributed by atoms with Crippen LogP contribution in [0.4, 0.5) is 11.4 Å². The molecule has 0 spiro atoms. The van der Waals surface area contributed by atoms with Gasteiger partial charge >= 0.3 is 0 Å². The number of nitrogens with one attached hydrogen (secondary N) is 2. The van der Waals surface area contributed by atoms with Crippen molar-refractivity contribution in [3.63, 3.8) is 0 Å². The normalized spacial score (nSPS) is 10.2. The van der Waals surface area contributed by atoms with Gasteiger partial charge in [-0.2, -0.15) is 0 Å². The Morgan fingerprint density at radius 1 is 1.14 bits per heavy atom.